The maximum Gasteiger partial charge on any atom is 0.328 e. The predicted octanol–water partition coefficient (Wildman–Crippen LogP) is -1.72. The van der Waals surface area contributed by atoms with Crippen LogP contribution in [0.15, 0.2) is 21.9 Å². The number of amides is 1. The summed E-state index contributed by atoms with van der Waals surface area (Å²) in [6.07, 6.45) is -3.81. The zero-order valence-electron chi connectivity index (χ0n) is 9.10. The molecule has 0 radical (unpaired) electrons. The molecule has 0 saturated carbocycles. The van der Waals surface area contributed by atoms with E-state index < -0.39 is 42.8 Å². The molecule has 0 saturated heterocycles. The van der Waals surface area contributed by atoms with Gasteiger partial charge in [0.05, 0.1) is 0 Å². The van der Waals surface area contributed by atoms with Crippen LogP contribution in [0.2, 0.25) is 0 Å². The molecule has 0 aliphatic heterocycles. The largest absolute Gasteiger partial charge is 0.385 e. The van der Waals surface area contributed by atoms with Gasteiger partial charge in [0, 0.05) is 18.8 Å². The number of alkyl halides is 2. The van der Waals surface area contributed by atoms with Crippen LogP contribution < -0.4 is 16.6 Å². The van der Waals surface area contributed by atoms with Crippen LogP contribution in [0, 0.1) is 0 Å². The molecule has 1 aromatic heterocycles. The lowest BCUT2D eigenvalue weighted by Gasteiger charge is -2.11. The van der Waals surface area contributed by atoms with Crippen molar-refractivity contribution >= 4 is 5.91 Å². The molecule has 1 atom stereocenters. The summed E-state index contributed by atoms with van der Waals surface area (Å²) in [6.45, 7) is -1.06. The molecule has 0 aliphatic rings. The SMILES string of the molecule is O=C(Cn1ccc(=O)[nH]c1=O)NCC(O)C(F)F. The van der Waals surface area contributed by atoms with Crippen molar-refractivity contribution in [1.82, 2.24) is 14.9 Å². The molecular weight excluding hydrogens is 252 g/mol. The minimum absolute atomic E-state index is 0.439. The molecule has 1 amide bonds. The van der Waals surface area contributed by atoms with Gasteiger partial charge in [0.2, 0.25) is 5.91 Å². The number of carbonyl (C=O) groups is 1. The van der Waals surface area contributed by atoms with Gasteiger partial charge in [-0.3, -0.25) is 19.1 Å². The molecule has 0 spiro atoms. The third-order valence-electron chi connectivity index (χ3n) is 2.01. The Morgan fingerprint density at radius 2 is 2.17 bits per heavy atom. The van der Waals surface area contributed by atoms with E-state index in [4.69, 9.17) is 5.11 Å². The Morgan fingerprint density at radius 3 is 2.72 bits per heavy atom. The Balaban J connectivity index is 2.55. The number of halogens is 2. The second kappa shape index (κ2) is 6.05. The van der Waals surface area contributed by atoms with E-state index in [1.165, 1.54) is 0 Å². The van der Waals surface area contributed by atoms with Crippen LogP contribution in [0.25, 0.3) is 0 Å². The Hall–Kier alpha value is -2.03. The predicted molar refractivity (Wildman–Crippen MR) is 56.3 cm³/mol. The van der Waals surface area contributed by atoms with Crippen molar-refractivity contribution in [2.75, 3.05) is 6.54 Å². The fraction of sp³-hybridized carbons (Fsp3) is 0.444. The van der Waals surface area contributed by atoms with Crippen LogP contribution in [-0.4, -0.2) is 39.6 Å². The van der Waals surface area contributed by atoms with E-state index in [2.05, 4.69) is 0 Å². The number of nitrogens with one attached hydrogen (secondary N) is 2. The van der Waals surface area contributed by atoms with Gasteiger partial charge in [-0.05, 0) is 0 Å². The van der Waals surface area contributed by atoms with Crippen LogP contribution in [-0.2, 0) is 11.3 Å². The molecule has 0 aliphatic carbocycles. The van der Waals surface area contributed by atoms with E-state index in [0.29, 0.717) is 0 Å². The Labute approximate surface area is 99.1 Å². The van der Waals surface area contributed by atoms with Crippen molar-refractivity contribution in [3.05, 3.63) is 33.1 Å². The minimum atomic E-state index is -2.96. The molecule has 1 unspecified atom stereocenters. The summed E-state index contributed by atoms with van der Waals surface area (Å²) < 4.78 is 24.7. The number of aromatic amines is 1. The molecule has 100 valence electrons. The summed E-state index contributed by atoms with van der Waals surface area (Å²) in [6, 6.07) is 1.04. The number of carbonyl (C=O) groups excluding carboxylic acids is 1. The van der Waals surface area contributed by atoms with Gasteiger partial charge in [0.1, 0.15) is 12.6 Å². The first-order chi connectivity index (χ1) is 8.40. The first-order valence-electron chi connectivity index (χ1n) is 4.93. The third-order valence-corrected chi connectivity index (χ3v) is 2.01. The van der Waals surface area contributed by atoms with Crippen molar-refractivity contribution in [2.24, 2.45) is 0 Å². The van der Waals surface area contributed by atoms with Gasteiger partial charge in [-0.15, -0.1) is 0 Å². The summed E-state index contributed by atoms with van der Waals surface area (Å²) in [5.41, 5.74) is -1.39. The molecule has 1 rings (SSSR count). The van der Waals surface area contributed by atoms with E-state index in [9.17, 15) is 23.2 Å². The van der Waals surface area contributed by atoms with Gasteiger partial charge in [0.25, 0.3) is 12.0 Å². The average Bonchev–Trinajstić information content (AvgIpc) is 2.29. The van der Waals surface area contributed by atoms with Crippen molar-refractivity contribution in [3.63, 3.8) is 0 Å². The first-order valence-corrected chi connectivity index (χ1v) is 4.93. The van der Waals surface area contributed by atoms with E-state index in [1.807, 2.05) is 10.3 Å². The van der Waals surface area contributed by atoms with Crippen LogP contribution in [0.4, 0.5) is 8.78 Å². The van der Waals surface area contributed by atoms with Gasteiger partial charge in [-0.2, -0.15) is 0 Å². The van der Waals surface area contributed by atoms with Crippen molar-refractivity contribution in [1.29, 1.82) is 0 Å². The number of aromatic nitrogens is 2. The average molecular weight is 263 g/mol. The number of rotatable bonds is 5. The number of hydrogen-bond acceptors (Lipinski definition) is 4. The van der Waals surface area contributed by atoms with Gasteiger partial charge in [0.15, 0.2) is 0 Å². The first kappa shape index (κ1) is 14.0. The summed E-state index contributed by atoms with van der Waals surface area (Å²) in [5, 5.41) is 10.8. The van der Waals surface area contributed by atoms with Crippen LogP contribution in [0.5, 0.6) is 0 Å². The van der Waals surface area contributed by atoms with E-state index >= 15 is 0 Å². The Morgan fingerprint density at radius 1 is 1.50 bits per heavy atom. The lowest BCUT2D eigenvalue weighted by molar-refractivity contribution is -0.122. The molecular formula is C9H11F2N3O4. The number of hydrogen-bond donors (Lipinski definition) is 3. The van der Waals surface area contributed by atoms with Gasteiger partial charge in [-0.25, -0.2) is 13.6 Å². The van der Waals surface area contributed by atoms with Crippen LogP contribution >= 0.6 is 0 Å². The summed E-state index contributed by atoms with van der Waals surface area (Å²) in [7, 11) is 0. The second-order valence-corrected chi connectivity index (χ2v) is 3.44. The standard InChI is InChI=1S/C9H11F2N3O4/c10-8(11)5(15)3-12-7(17)4-14-2-1-6(16)13-9(14)18/h1-2,5,8,15H,3-4H2,(H,12,17)(H,13,16,18). The second-order valence-electron chi connectivity index (χ2n) is 3.44. The lowest BCUT2D eigenvalue weighted by Crippen LogP contribution is -2.40. The molecule has 0 aromatic carbocycles. The fourth-order valence-corrected chi connectivity index (χ4v) is 1.09. The fourth-order valence-electron chi connectivity index (χ4n) is 1.09. The lowest BCUT2D eigenvalue weighted by atomic mass is 10.3. The smallest absolute Gasteiger partial charge is 0.328 e. The van der Waals surface area contributed by atoms with E-state index in [0.717, 1.165) is 16.8 Å². The summed E-state index contributed by atoms with van der Waals surface area (Å²) in [5.74, 6) is -0.733. The molecule has 0 fully saturated rings. The monoisotopic (exact) mass is 263 g/mol. The quantitative estimate of drug-likeness (QED) is 0.587. The van der Waals surface area contributed by atoms with Crippen LogP contribution in [0.1, 0.15) is 0 Å². The van der Waals surface area contributed by atoms with Crippen LogP contribution in [0.3, 0.4) is 0 Å². The van der Waals surface area contributed by atoms with Gasteiger partial charge in [-0.1, -0.05) is 0 Å². The van der Waals surface area contributed by atoms with Crippen molar-refractivity contribution in [3.8, 4) is 0 Å². The topological polar surface area (TPSA) is 104 Å². The number of H-pyrrole nitrogens is 1. The molecule has 9 heteroatoms. The van der Waals surface area contributed by atoms with Gasteiger partial charge < -0.3 is 10.4 Å². The zero-order valence-corrected chi connectivity index (χ0v) is 9.10. The highest BCUT2D eigenvalue weighted by molar-refractivity contribution is 5.75. The van der Waals surface area contributed by atoms with E-state index in [1.54, 1.807) is 0 Å². The Kier molecular flexibility index (Phi) is 4.72. The normalized spacial score (nSPS) is 12.4. The highest BCUT2D eigenvalue weighted by Gasteiger charge is 2.17. The molecule has 0 bridgehead atoms. The molecule has 3 N–H and O–H groups in total. The Bertz CT molecular complexity index is 525. The third kappa shape index (κ3) is 4.09. The molecule has 1 heterocycles. The maximum absolute atomic E-state index is 11.9. The molecule has 1 aromatic rings. The summed E-state index contributed by atoms with van der Waals surface area (Å²) in [4.78, 5) is 35.1. The van der Waals surface area contributed by atoms with Crippen molar-refractivity contribution < 1.29 is 18.7 Å². The number of aliphatic hydroxyl groups excluding tert-OH is 1. The molecule has 18 heavy (non-hydrogen) atoms. The highest BCUT2D eigenvalue weighted by atomic mass is 19.3. The summed E-state index contributed by atoms with van der Waals surface area (Å²) >= 11 is 0. The molecule has 7 nitrogen and oxygen atoms in total. The number of nitrogens with zero attached hydrogens (tertiary/aromatic N) is 1. The van der Waals surface area contributed by atoms with E-state index in [-0.39, 0.29) is 0 Å². The minimum Gasteiger partial charge on any atom is -0.385 e. The van der Waals surface area contributed by atoms with Gasteiger partial charge >= 0.3 is 5.69 Å². The zero-order chi connectivity index (χ0) is 13.7. The highest BCUT2D eigenvalue weighted by Crippen LogP contribution is 1.98. The maximum atomic E-state index is 11.9. The van der Waals surface area contributed by atoms with Crippen molar-refractivity contribution in [2.45, 2.75) is 19.1 Å². The number of aliphatic hydroxyl groups is 1.